The third kappa shape index (κ3) is 3.35. The fraction of sp³-hybridized carbons (Fsp3) is 0.200. The van der Waals surface area contributed by atoms with Gasteiger partial charge in [-0.1, -0.05) is 12.1 Å². The summed E-state index contributed by atoms with van der Waals surface area (Å²) in [5.41, 5.74) is 1.50. The molecule has 0 amide bonds. The highest BCUT2D eigenvalue weighted by Crippen LogP contribution is 2.15. The van der Waals surface area contributed by atoms with Gasteiger partial charge in [-0.15, -0.1) is 11.8 Å². The number of ketones is 1. The van der Waals surface area contributed by atoms with Crippen LogP contribution < -0.4 is 5.56 Å². The third-order valence-electron chi connectivity index (χ3n) is 2.90. The molecule has 19 heavy (non-hydrogen) atoms. The monoisotopic (exact) mass is 273 g/mol. The maximum Gasteiger partial charge on any atom is 0.250 e. The zero-order valence-electron chi connectivity index (χ0n) is 10.9. The van der Waals surface area contributed by atoms with E-state index in [-0.39, 0.29) is 11.3 Å². The molecule has 0 saturated heterocycles. The first-order chi connectivity index (χ1) is 9.10. The predicted molar refractivity (Wildman–Crippen MR) is 78.0 cm³/mol. The van der Waals surface area contributed by atoms with Crippen molar-refractivity contribution in [1.82, 2.24) is 4.57 Å². The van der Waals surface area contributed by atoms with E-state index in [0.29, 0.717) is 12.1 Å². The lowest BCUT2D eigenvalue weighted by Crippen LogP contribution is -2.20. The molecule has 1 aromatic carbocycles. The summed E-state index contributed by atoms with van der Waals surface area (Å²) in [6.45, 7) is 1.98. The van der Waals surface area contributed by atoms with Crippen molar-refractivity contribution in [2.45, 2.75) is 18.4 Å². The van der Waals surface area contributed by atoms with Gasteiger partial charge in [0.15, 0.2) is 5.78 Å². The average molecular weight is 273 g/mol. The van der Waals surface area contributed by atoms with Gasteiger partial charge in [-0.25, -0.2) is 0 Å². The molecule has 0 radical (unpaired) electrons. The van der Waals surface area contributed by atoms with E-state index in [9.17, 15) is 9.59 Å². The molecule has 98 valence electrons. The second kappa shape index (κ2) is 5.89. The van der Waals surface area contributed by atoms with Crippen molar-refractivity contribution >= 4 is 17.5 Å². The normalized spacial score (nSPS) is 10.4. The van der Waals surface area contributed by atoms with Crippen LogP contribution in [0.2, 0.25) is 0 Å². The summed E-state index contributed by atoms with van der Waals surface area (Å²) >= 11 is 1.68. The van der Waals surface area contributed by atoms with Crippen LogP contribution in [0.5, 0.6) is 0 Å². The second-order valence-corrected chi connectivity index (χ2v) is 5.17. The Labute approximate surface area is 116 Å². The fourth-order valence-corrected chi connectivity index (χ4v) is 2.20. The average Bonchev–Trinajstić information content (AvgIpc) is 2.42. The highest BCUT2D eigenvalue weighted by atomic mass is 32.2. The van der Waals surface area contributed by atoms with Gasteiger partial charge in [-0.05, 0) is 36.9 Å². The van der Waals surface area contributed by atoms with Gasteiger partial charge in [0.05, 0.1) is 6.54 Å². The Balaban J connectivity index is 2.29. The molecule has 0 aliphatic heterocycles. The standard InChI is InChI=1S/C15H15NO2S/c1-11(17)13-5-8-15(18)16(10-13)9-12-3-6-14(19-2)7-4-12/h3-8,10H,9H2,1-2H3. The van der Waals surface area contributed by atoms with Gasteiger partial charge in [0.25, 0.3) is 5.56 Å². The molecule has 4 heteroatoms. The summed E-state index contributed by atoms with van der Waals surface area (Å²) in [5, 5.41) is 0. The molecule has 0 N–H and O–H groups in total. The molecule has 0 aliphatic rings. The smallest absolute Gasteiger partial charge is 0.250 e. The van der Waals surface area contributed by atoms with Crippen molar-refractivity contribution < 1.29 is 4.79 Å². The first-order valence-electron chi connectivity index (χ1n) is 5.94. The summed E-state index contributed by atoms with van der Waals surface area (Å²) in [4.78, 5) is 24.3. The minimum Gasteiger partial charge on any atom is -0.310 e. The van der Waals surface area contributed by atoms with Gasteiger partial charge >= 0.3 is 0 Å². The Morgan fingerprint density at radius 1 is 1.16 bits per heavy atom. The fourth-order valence-electron chi connectivity index (χ4n) is 1.79. The maximum absolute atomic E-state index is 11.8. The van der Waals surface area contributed by atoms with Gasteiger partial charge in [-0.3, -0.25) is 9.59 Å². The van der Waals surface area contributed by atoms with Crippen LogP contribution in [0.3, 0.4) is 0 Å². The third-order valence-corrected chi connectivity index (χ3v) is 3.65. The number of aromatic nitrogens is 1. The van der Waals surface area contributed by atoms with E-state index in [4.69, 9.17) is 0 Å². The van der Waals surface area contributed by atoms with E-state index in [1.54, 1.807) is 28.6 Å². The highest BCUT2D eigenvalue weighted by molar-refractivity contribution is 7.98. The van der Waals surface area contributed by atoms with E-state index in [1.807, 2.05) is 30.5 Å². The Hall–Kier alpha value is -1.81. The summed E-state index contributed by atoms with van der Waals surface area (Å²) in [5.74, 6) is -0.0357. The number of benzene rings is 1. The van der Waals surface area contributed by atoms with Crippen molar-refractivity contribution in [3.8, 4) is 0 Å². The maximum atomic E-state index is 11.8. The molecule has 0 aliphatic carbocycles. The molecule has 0 saturated carbocycles. The van der Waals surface area contributed by atoms with E-state index >= 15 is 0 Å². The summed E-state index contributed by atoms with van der Waals surface area (Å²) in [6.07, 6.45) is 3.64. The Bertz CT molecular complexity index is 644. The summed E-state index contributed by atoms with van der Waals surface area (Å²) in [6, 6.07) is 11.1. The summed E-state index contributed by atoms with van der Waals surface area (Å²) in [7, 11) is 0. The van der Waals surface area contributed by atoms with Gasteiger partial charge in [-0.2, -0.15) is 0 Å². The number of pyridine rings is 1. The number of hydrogen-bond donors (Lipinski definition) is 0. The minimum atomic E-state index is -0.0982. The van der Waals surface area contributed by atoms with Crippen molar-refractivity contribution in [2.75, 3.05) is 6.26 Å². The van der Waals surface area contributed by atoms with E-state index in [0.717, 1.165) is 5.56 Å². The number of carbonyl (C=O) groups is 1. The van der Waals surface area contributed by atoms with Crippen molar-refractivity contribution in [2.24, 2.45) is 0 Å². The quantitative estimate of drug-likeness (QED) is 0.635. The minimum absolute atomic E-state index is 0.0357. The highest BCUT2D eigenvalue weighted by Gasteiger charge is 2.03. The number of rotatable bonds is 4. The molecule has 0 spiro atoms. The number of thioether (sulfide) groups is 1. The molecule has 2 aromatic rings. The Kier molecular flexibility index (Phi) is 4.22. The van der Waals surface area contributed by atoms with Gasteiger partial charge < -0.3 is 4.57 Å². The largest absolute Gasteiger partial charge is 0.310 e. The number of Topliss-reactive ketones (excluding diaryl/α,β-unsaturated/α-hetero) is 1. The molecule has 1 aromatic heterocycles. The van der Waals surface area contributed by atoms with Crippen molar-refractivity contribution in [3.63, 3.8) is 0 Å². The zero-order valence-corrected chi connectivity index (χ0v) is 11.7. The Morgan fingerprint density at radius 3 is 2.42 bits per heavy atom. The molecular formula is C15H15NO2S. The molecule has 0 unspecified atom stereocenters. The molecule has 2 rings (SSSR count). The first-order valence-corrected chi connectivity index (χ1v) is 7.17. The van der Waals surface area contributed by atoms with Crippen LogP contribution in [0.15, 0.2) is 52.3 Å². The van der Waals surface area contributed by atoms with Crippen molar-refractivity contribution in [1.29, 1.82) is 0 Å². The van der Waals surface area contributed by atoms with Crippen LogP contribution in [-0.4, -0.2) is 16.6 Å². The first kappa shape index (κ1) is 13.6. The van der Waals surface area contributed by atoms with E-state index < -0.39 is 0 Å². The van der Waals surface area contributed by atoms with Gasteiger partial charge in [0, 0.05) is 22.7 Å². The molecule has 3 nitrogen and oxygen atoms in total. The van der Waals surface area contributed by atoms with Crippen LogP contribution in [0.4, 0.5) is 0 Å². The van der Waals surface area contributed by atoms with E-state index in [2.05, 4.69) is 0 Å². The van der Waals surface area contributed by atoms with Crippen LogP contribution >= 0.6 is 11.8 Å². The van der Waals surface area contributed by atoms with Crippen LogP contribution in [0, 0.1) is 0 Å². The van der Waals surface area contributed by atoms with E-state index in [1.165, 1.54) is 17.9 Å². The lowest BCUT2D eigenvalue weighted by atomic mass is 10.2. The molecule has 0 bridgehead atoms. The number of carbonyl (C=O) groups excluding carboxylic acids is 1. The number of nitrogens with zero attached hydrogens (tertiary/aromatic N) is 1. The Morgan fingerprint density at radius 2 is 1.84 bits per heavy atom. The lowest BCUT2D eigenvalue weighted by molar-refractivity contribution is 0.101. The van der Waals surface area contributed by atoms with Gasteiger partial charge in [0.2, 0.25) is 0 Å². The zero-order chi connectivity index (χ0) is 13.8. The van der Waals surface area contributed by atoms with Crippen molar-refractivity contribution in [3.05, 3.63) is 64.1 Å². The van der Waals surface area contributed by atoms with Gasteiger partial charge in [0.1, 0.15) is 0 Å². The van der Waals surface area contributed by atoms with Crippen LogP contribution in [-0.2, 0) is 6.54 Å². The number of hydrogen-bond acceptors (Lipinski definition) is 3. The van der Waals surface area contributed by atoms with Crippen LogP contribution in [0.1, 0.15) is 22.8 Å². The molecule has 0 atom stereocenters. The topological polar surface area (TPSA) is 39.1 Å². The second-order valence-electron chi connectivity index (χ2n) is 4.29. The predicted octanol–water partition coefficient (Wildman–Crippen LogP) is 2.82. The molecule has 0 fully saturated rings. The van der Waals surface area contributed by atoms with Crippen LogP contribution in [0.25, 0.3) is 0 Å². The summed E-state index contributed by atoms with van der Waals surface area (Å²) < 4.78 is 1.56. The molecular weight excluding hydrogens is 258 g/mol. The molecule has 1 heterocycles. The SMILES string of the molecule is CSc1ccc(Cn2cc(C(C)=O)ccc2=O)cc1. The lowest BCUT2D eigenvalue weighted by Gasteiger charge is -2.07.